The molecule has 0 aliphatic carbocycles. The van der Waals surface area contributed by atoms with Crippen LogP contribution in [0, 0.1) is 0 Å². The van der Waals surface area contributed by atoms with Gasteiger partial charge in [0.05, 0.1) is 18.2 Å². The van der Waals surface area contributed by atoms with Crippen LogP contribution >= 0.6 is 0 Å². The average molecular weight is 385 g/mol. The molecule has 0 radical (unpaired) electrons. The maximum absolute atomic E-state index is 12.2. The van der Waals surface area contributed by atoms with Gasteiger partial charge in [-0.2, -0.15) is 0 Å². The number of esters is 2. The van der Waals surface area contributed by atoms with E-state index >= 15 is 0 Å². The zero-order valence-electron chi connectivity index (χ0n) is 15.4. The van der Waals surface area contributed by atoms with Gasteiger partial charge in [-0.1, -0.05) is 6.07 Å². The van der Waals surface area contributed by atoms with E-state index in [9.17, 15) is 14.4 Å². The van der Waals surface area contributed by atoms with Crippen LogP contribution in [0.3, 0.4) is 0 Å². The third kappa shape index (κ3) is 4.40. The Morgan fingerprint density at radius 2 is 1.64 bits per heavy atom. The molecule has 1 aliphatic heterocycles. The molecule has 1 atom stereocenters. The van der Waals surface area contributed by atoms with Gasteiger partial charge in [0.2, 0.25) is 6.79 Å². The lowest BCUT2D eigenvalue weighted by atomic mass is 10.1. The van der Waals surface area contributed by atoms with Gasteiger partial charge < -0.3 is 24.3 Å². The molecular formula is C20H19NO7. The van der Waals surface area contributed by atoms with Crippen molar-refractivity contribution in [3.05, 3.63) is 59.2 Å². The van der Waals surface area contributed by atoms with Crippen LogP contribution in [0.4, 0.5) is 0 Å². The minimum Gasteiger partial charge on any atom is -0.465 e. The van der Waals surface area contributed by atoms with Gasteiger partial charge >= 0.3 is 11.9 Å². The summed E-state index contributed by atoms with van der Waals surface area (Å²) in [5.41, 5.74) is 1.37. The molecule has 2 aromatic carbocycles. The molecule has 0 saturated carbocycles. The fraction of sp³-hybridized carbons (Fsp3) is 0.250. The van der Waals surface area contributed by atoms with Crippen LogP contribution in [0.5, 0.6) is 11.5 Å². The number of hydrogen-bond acceptors (Lipinski definition) is 7. The highest BCUT2D eigenvalue weighted by Gasteiger charge is 2.20. The molecule has 2 aromatic rings. The van der Waals surface area contributed by atoms with Gasteiger partial charge in [0.15, 0.2) is 17.6 Å². The summed E-state index contributed by atoms with van der Waals surface area (Å²) in [5, 5.41) is 2.70. The number of hydrogen-bond donors (Lipinski definition) is 1. The first kappa shape index (κ1) is 19.2. The number of amides is 1. The van der Waals surface area contributed by atoms with Crippen molar-refractivity contribution in [1.82, 2.24) is 5.32 Å². The number of carbonyl (C=O) groups excluding carboxylic acids is 3. The van der Waals surface area contributed by atoms with Crippen molar-refractivity contribution in [3.8, 4) is 11.5 Å². The molecule has 1 aliphatic rings. The summed E-state index contributed by atoms with van der Waals surface area (Å²) < 4.78 is 20.3. The summed E-state index contributed by atoms with van der Waals surface area (Å²) >= 11 is 0. The normalized spacial score (nSPS) is 12.8. The molecule has 0 spiro atoms. The minimum atomic E-state index is -0.984. The predicted molar refractivity (Wildman–Crippen MR) is 97.1 cm³/mol. The van der Waals surface area contributed by atoms with Crippen LogP contribution in [0.1, 0.15) is 33.2 Å². The first-order valence-corrected chi connectivity index (χ1v) is 8.53. The quantitative estimate of drug-likeness (QED) is 0.760. The topological polar surface area (TPSA) is 100 Å². The van der Waals surface area contributed by atoms with Gasteiger partial charge in [0.25, 0.3) is 5.91 Å². The second kappa shape index (κ2) is 8.43. The average Bonchev–Trinajstić information content (AvgIpc) is 3.19. The molecule has 0 unspecified atom stereocenters. The third-order valence-corrected chi connectivity index (χ3v) is 4.10. The summed E-state index contributed by atoms with van der Waals surface area (Å²) in [7, 11) is 1.27. The van der Waals surface area contributed by atoms with Crippen LogP contribution in [0.15, 0.2) is 42.5 Å². The van der Waals surface area contributed by atoms with Crippen molar-refractivity contribution in [2.45, 2.75) is 19.6 Å². The minimum absolute atomic E-state index is 0.179. The lowest BCUT2D eigenvalue weighted by Gasteiger charge is -2.14. The fourth-order valence-corrected chi connectivity index (χ4v) is 2.53. The largest absolute Gasteiger partial charge is 0.465 e. The molecule has 28 heavy (non-hydrogen) atoms. The van der Waals surface area contributed by atoms with Gasteiger partial charge in [-0.05, 0) is 48.9 Å². The monoisotopic (exact) mass is 385 g/mol. The molecule has 8 nitrogen and oxygen atoms in total. The number of rotatable bonds is 6. The highest BCUT2D eigenvalue weighted by atomic mass is 16.7. The molecule has 1 N–H and O–H groups in total. The lowest BCUT2D eigenvalue weighted by molar-refractivity contribution is -0.129. The van der Waals surface area contributed by atoms with Crippen LogP contribution in [0.2, 0.25) is 0 Å². The summed E-state index contributed by atoms with van der Waals surface area (Å²) in [4.78, 5) is 35.8. The van der Waals surface area contributed by atoms with Crippen molar-refractivity contribution >= 4 is 17.8 Å². The number of methoxy groups -OCH3 is 1. The Balaban J connectivity index is 1.52. The molecule has 0 bridgehead atoms. The van der Waals surface area contributed by atoms with E-state index in [0.29, 0.717) is 17.1 Å². The number of ether oxygens (including phenoxy) is 4. The molecule has 3 rings (SSSR count). The number of fused-ring (bicyclic) bond motifs is 1. The molecule has 146 valence electrons. The molecule has 0 fully saturated rings. The van der Waals surface area contributed by atoms with E-state index in [1.165, 1.54) is 38.3 Å². The zero-order valence-corrected chi connectivity index (χ0v) is 15.4. The second-order valence-electron chi connectivity index (χ2n) is 6.02. The lowest BCUT2D eigenvalue weighted by Crippen LogP contribution is -2.35. The molecular weight excluding hydrogens is 366 g/mol. The van der Waals surface area contributed by atoms with E-state index in [2.05, 4.69) is 10.1 Å². The Bertz CT molecular complexity index is 892. The van der Waals surface area contributed by atoms with Crippen molar-refractivity contribution in [2.24, 2.45) is 0 Å². The second-order valence-corrected chi connectivity index (χ2v) is 6.02. The molecule has 8 heteroatoms. The Labute approximate surface area is 161 Å². The molecule has 1 heterocycles. The van der Waals surface area contributed by atoms with Crippen LogP contribution in [0.25, 0.3) is 0 Å². The number of carbonyl (C=O) groups is 3. The third-order valence-electron chi connectivity index (χ3n) is 4.10. The number of nitrogens with one attached hydrogen (secondary N) is 1. The van der Waals surface area contributed by atoms with Gasteiger partial charge in [0.1, 0.15) is 0 Å². The highest BCUT2D eigenvalue weighted by Crippen LogP contribution is 2.32. The van der Waals surface area contributed by atoms with Crippen LogP contribution < -0.4 is 14.8 Å². The Morgan fingerprint density at radius 1 is 1.00 bits per heavy atom. The Hall–Kier alpha value is -3.55. The van der Waals surface area contributed by atoms with E-state index in [4.69, 9.17) is 14.2 Å². The molecule has 0 saturated heterocycles. The first-order chi connectivity index (χ1) is 13.5. The summed E-state index contributed by atoms with van der Waals surface area (Å²) in [6.07, 6.45) is -0.984. The van der Waals surface area contributed by atoms with Crippen molar-refractivity contribution in [2.75, 3.05) is 13.9 Å². The maximum Gasteiger partial charge on any atom is 0.338 e. The predicted octanol–water partition coefficient (Wildman–Crippen LogP) is 2.06. The van der Waals surface area contributed by atoms with Gasteiger partial charge in [-0.3, -0.25) is 4.79 Å². The van der Waals surface area contributed by atoms with Crippen LogP contribution in [-0.4, -0.2) is 37.9 Å². The SMILES string of the molecule is COC(=O)c1ccc(C(=O)O[C@@H](C)C(=O)NCc2ccc3c(c2)OCO3)cc1. The van der Waals surface area contributed by atoms with Crippen molar-refractivity contribution in [1.29, 1.82) is 0 Å². The van der Waals surface area contributed by atoms with E-state index in [0.717, 1.165) is 5.56 Å². The summed E-state index contributed by atoms with van der Waals surface area (Å²) in [6.45, 7) is 1.92. The summed E-state index contributed by atoms with van der Waals surface area (Å²) in [5.74, 6) is -0.312. The van der Waals surface area contributed by atoms with Gasteiger partial charge in [-0.15, -0.1) is 0 Å². The zero-order chi connectivity index (χ0) is 20.1. The Morgan fingerprint density at radius 3 is 2.32 bits per heavy atom. The standard InChI is InChI=1S/C20H19NO7/c1-12(28-20(24)15-6-4-14(5-7-15)19(23)25-2)18(22)21-10-13-3-8-16-17(9-13)27-11-26-16/h3-9,12H,10-11H2,1-2H3,(H,21,22)/t12-/m0/s1. The van der Waals surface area contributed by atoms with Gasteiger partial charge in [0, 0.05) is 6.54 Å². The van der Waals surface area contributed by atoms with E-state index in [1.54, 1.807) is 12.1 Å². The first-order valence-electron chi connectivity index (χ1n) is 8.53. The van der Waals surface area contributed by atoms with Crippen molar-refractivity contribution in [3.63, 3.8) is 0 Å². The fourth-order valence-electron chi connectivity index (χ4n) is 2.53. The van der Waals surface area contributed by atoms with E-state index in [1.807, 2.05) is 6.07 Å². The molecule has 0 aromatic heterocycles. The summed E-state index contributed by atoms with van der Waals surface area (Å²) in [6, 6.07) is 11.1. The van der Waals surface area contributed by atoms with E-state index < -0.39 is 23.9 Å². The molecule has 1 amide bonds. The smallest absolute Gasteiger partial charge is 0.338 e. The van der Waals surface area contributed by atoms with Gasteiger partial charge in [-0.25, -0.2) is 9.59 Å². The van der Waals surface area contributed by atoms with Crippen LogP contribution in [-0.2, 0) is 20.8 Å². The Kier molecular flexibility index (Phi) is 5.78. The highest BCUT2D eigenvalue weighted by molar-refractivity contribution is 5.94. The maximum atomic E-state index is 12.2. The number of benzene rings is 2. The van der Waals surface area contributed by atoms with E-state index in [-0.39, 0.29) is 18.9 Å². The van der Waals surface area contributed by atoms with Crippen molar-refractivity contribution < 1.29 is 33.3 Å².